The first-order chi connectivity index (χ1) is 12.0. The van der Waals surface area contributed by atoms with E-state index >= 15 is 0 Å². The molecule has 5 nitrogen and oxygen atoms in total. The average Bonchev–Trinajstić information content (AvgIpc) is 3.21. The molecule has 0 aliphatic carbocycles. The van der Waals surface area contributed by atoms with E-state index in [9.17, 15) is 14.7 Å². The van der Waals surface area contributed by atoms with E-state index in [0.29, 0.717) is 19.5 Å². The van der Waals surface area contributed by atoms with Crippen molar-refractivity contribution in [3.8, 4) is 0 Å². The third-order valence-corrected chi connectivity index (χ3v) is 5.88. The Balaban J connectivity index is 1.79. The number of amides is 1. The van der Waals surface area contributed by atoms with Gasteiger partial charge in [-0.15, -0.1) is 11.3 Å². The molecule has 128 valence electrons. The third kappa shape index (κ3) is 2.87. The standard InChI is InChI=1S/C18H15BrN2O3S/c19-11-3-4-14-12(8-11)13-9-20(18(24)16-2-1-7-25-16)6-5-15(13)21(14)10-17(22)23/h1-4,7-8H,5-6,9-10H2,(H,22,23). The summed E-state index contributed by atoms with van der Waals surface area (Å²) in [4.78, 5) is 26.6. The van der Waals surface area contributed by atoms with Gasteiger partial charge in [-0.2, -0.15) is 0 Å². The minimum atomic E-state index is -0.861. The molecule has 1 amide bonds. The van der Waals surface area contributed by atoms with Crippen LogP contribution < -0.4 is 0 Å². The van der Waals surface area contributed by atoms with Crippen molar-refractivity contribution in [3.63, 3.8) is 0 Å². The molecule has 3 heterocycles. The van der Waals surface area contributed by atoms with Crippen molar-refractivity contribution in [1.82, 2.24) is 9.47 Å². The van der Waals surface area contributed by atoms with Crippen molar-refractivity contribution in [2.24, 2.45) is 0 Å². The van der Waals surface area contributed by atoms with Crippen LogP contribution in [-0.2, 0) is 24.3 Å². The minimum Gasteiger partial charge on any atom is -0.480 e. The number of carbonyl (C=O) groups is 2. The number of benzene rings is 1. The quantitative estimate of drug-likeness (QED) is 0.704. The maximum absolute atomic E-state index is 12.7. The fourth-order valence-corrected chi connectivity index (χ4v) is 4.52. The molecule has 1 aliphatic heterocycles. The third-order valence-electron chi connectivity index (χ3n) is 4.53. The van der Waals surface area contributed by atoms with Gasteiger partial charge in [-0.1, -0.05) is 22.0 Å². The van der Waals surface area contributed by atoms with E-state index in [-0.39, 0.29) is 12.5 Å². The Hall–Kier alpha value is -2.12. The number of nitrogens with zero attached hydrogens (tertiary/aromatic N) is 2. The van der Waals surface area contributed by atoms with Crippen LogP contribution in [0.3, 0.4) is 0 Å². The fourth-order valence-electron chi connectivity index (χ4n) is 3.47. The molecule has 0 saturated heterocycles. The minimum absolute atomic E-state index is 0.0368. The van der Waals surface area contributed by atoms with Gasteiger partial charge in [-0.25, -0.2) is 0 Å². The molecule has 25 heavy (non-hydrogen) atoms. The molecular weight excluding hydrogens is 404 g/mol. The average molecular weight is 419 g/mol. The summed E-state index contributed by atoms with van der Waals surface area (Å²) >= 11 is 4.94. The maximum Gasteiger partial charge on any atom is 0.323 e. The van der Waals surface area contributed by atoms with Crippen LogP contribution in [0.15, 0.2) is 40.2 Å². The Morgan fingerprint density at radius 1 is 1.28 bits per heavy atom. The SMILES string of the molecule is O=C(O)Cn1c2c(c3cc(Br)ccc31)CN(C(=O)c1cccs1)CC2. The molecule has 0 bridgehead atoms. The highest BCUT2D eigenvalue weighted by atomic mass is 79.9. The van der Waals surface area contributed by atoms with Crippen molar-refractivity contribution < 1.29 is 14.7 Å². The Kier molecular flexibility index (Phi) is 4.13. The molecule has 0 saturated carbocycles. The van der Waals surface area contributed by atoms with Gasteiger partial charge in [-0.3, -0.25) is 9.59 Å². The van der Waals surface area contributed by atoms with Gasteiger partial charge in [0.2, 0.25) is 0 Å². The van der Waals surface area contributed by atoms with Gasteiger partial charge in [0.25, 0.3) is 5.91 Å². The van der Waals surface area contributed by atoms with Crippen LogP contribution in [0, 0.1) is 0 Å². The van der Waals surface area contributed by atoms with Gasteiger partial charge in [0.1, 0.15) is 6.54 Å². The summed E-state index contributed by atoms with van der Waals surface area (Å²) in [7, 11) is 0. The smallest absolute Gasteiger partial charge is 0.323 e. The number of aliphatic carboxylic acids is 1. The number of carboxylic acids is 1. The summed E-state index contributed by atoms with van der Waals surface area (Å²) in [6, 6.07) is 9.58. The van der Waals surface area contributed by atoms with E-state index in [0.717, 1.165) is 31.5 Å². The number of halogens is 1. The molecule has 1 aliphatic rings. The van der Waals surface area contributed by atoms with Gasteiger partial charge in [0.05, 0.1) is 4.88 Å². The first-order valence-corrected chi connectivity index (χ1v) is 9.56. The monoisotopic (exact) mass is 418 g/mol. The maximum atomic E-state index is 12.7. The lowest BCUT2D eigenvalue weighted by Gasteiger charge is -2.28. The molecule has 3 aromatic rings. The van der Waals surface area contributed by atoms with E-state index in [2.05, 4.69) is 15.9 Å². The summed E-state index contributed by atoms with van der Waals surface area (Å²) in [5.74, 6) is -0.825. The molecule has 0 fully saturated rings. The predicted molar refractivity (Wildman–Crippen MR) is 100 cm³/mol. The Labute approximate surface area is 156 Å². The molecule has 1 N–H and O–H groups in total. The largest absolute Gasteiger partial charge is 0.480 e. The molecule has 0 radical (unpaired) electrons. The van der Waals surface area contributed by atoms with Crippen molar-refractivity contribution in [1.29, 1.82) is 0 Å². The fraction of sp³-hybridized carbons (Fsp3) is 0.222. The second-order valence-electron chi connectivity index (χ2n) is 6.02. The summed E-state index contributed by atoms with van der Waals surface area (Å²) in [5, 5.41) is 12.2. The van der Waals surface area contributed by atoms with E-state index in [1.165, 1.54) is 11.3 Å². The Morgan fingerprint density at radius 3 is 2.84 bits per heavy atom. The van der Waals surface area contributed by atoms with Crippen LogP contribution >= 0.6 is 27.3 Å². The normalized spacial score (nSPS) is 13.9. The van der Waals surface area contributed by atoms with Gasteiger partial charge in [0.15, 0.2) is 0 Å². The number of fused-ring (bicyclic) bond motifs is 3. The van der Waals surface area contributed by atoms with Crippen LogP contribution in [0.5, 0.6) is 0 Å². The van der Waals surface area contributed by atoms with Crippen molar-refractivity contribution in [3.05, 3.63) is 56.3 Å². The molecule has 0 unspecified atom stereocenters. The number of carbonyl (C=O) groups excluding carboxylic acids is 1. The first kappa shape index (κ1) is 16.4. The second-order valence-corrected chi connectivity index (χ2v) is 7.88. The Morgan fingerprint density at radius 2 is 2.12 bits per heavy atom. The highest BCUT2D eigenvalue weighted by Gasteiger charge is 2.28. The molecule has 0 spiro atoms. The van der Waals surface area contributed by atoms with Crippen LogP contribution in [0.1, 0.15) is 20.9 Å². The predicted octanol–water partition coefficient (Wildman–Crippen LogP) is 3.75. The van der Waals surface area contributed by atoms with Gasteiger partial charge >= 0.3 is 5.97 Å². The number of thiophene rings is 1. The molecule has 0 atom stereocenters. The van der Waals surface area contributed by atoms with Crippen LogP contribution in [0.2, 0.25) is 0 Å². The number of aromatic nitrogens is 1. The molecule has 1 aromatic carbocycles. The van der Waals surface area contributed by atoms with Crippen LogP contribution in [0.25, 0.3) is 10.9 Å². The zero-order chi connectivity index (χ0) is 17.6. The molecule has 4 rings (SSSR count). The van der Waals surface area contributed by atoms with Gasteiger partial charge in [0, 0.05) is 46.1 Å². The van der Waals surface area contributed by atoms with Crippen molar-refractivity contribution >= 4 is 50.0 Å². The lowest BCUT2D eigenvalue weighted by Crippen LogP contribution is -2.36. The second kappa shape index (κ2) is 6.31. The van der Waals surface area contributed by atoms with Crippen molar-refractivity contribution in [2.75, 3.05) is 6.54 Å². The van der Waals surface area contributed by atoms with Crippen LogP contribution in [-0.4, -0.2) is 33.0 Å². The van der Waals surface area contributed by atoms with E-state index in [1.807, 2.05) is 45.2 Å². The topological polar surface area (TPSA) is 62.5 Å². The zero-order valence-corrected chi connectivity index (χ0v) is 15.6. The first-order valence-electron chi connectivity index (χ1n) is 7.88. The van der Waals surface area contributed by atoms with Gasteiger partial charge < -0.3 is 14.6 Å². The summed E-state index contributed by atoms with van der Waals surface area (Å²) in [6.45, 7) is 1.04. The molecular formula is C18H15BrN2O3S. The lowest BCUT2D eigenvalue weighted by atomic mass is 10.0. The van der Waals surface area contributed by atoms with E-state index in [4.69, 9.17) is 0 Å². The van der Waals surface area contributed by atoms with Crippen LogP contribution in [0.4, 0.5) is 0 Å². The van der Waals surface area contributed by atoms with E-state index in [1.54, 1.807) is 0 Å². The van der Waals surface area contributed by atoms with Crippen molar-refractivity contribution in [2.45, 2.75) is 19.5 Å². The lowest BCUT2D eigenvalue weighted by molar-refractivity contribution is -0.137. The summed E-state index contributed by atoms with van der Waals surface area (Å²) in [5.41, 5.74) is 2.97. The van der Waals surface area contributed by atoms with Gasteiger partial charge in [-0.05, 0) is 29.6 Å². The Bertz CT molecular complexity index is 978. The number of hydrogen-bond donors (Lipinski definition) is 1. The number of rotatable bonds is 3. The van der Waals surface area contributed by atoms with E-state index < -0.39 is 5.97 Å². The number of carboxylic acid groups (broad SMARTS) is 1. The highest BCUT2D eigenvalue weighted by molar-refractivity contribution is 9.10. The summed E-state index contributed by atoms with van der Waals surface area (Å²) < 4.78 is 2.81. The summed E-state index contributed by atoms with van der Waals surface area (Å²) in [6.07, 6.45) is 0.659. The molecule has 7 heteroatoms. The number of hydrogen-bond acceptors (Lipinski definition) is 3. The zero-order valence-electron chi connectivity index (χ0n) is 13.2. The highest BCUT2D eigenvalue weighted by Crippen LogP contribution is 2.33. The molecule has 2 aromatic heterocycles.